The molecule has 1 unspecified atom stereocenters. The van der Waals surface area contributed by atoms with Crippen molar-refractivity contribution in [3.63, 3.8) is 0 Å². The largest absolute Gasteiger partial charge is 0.322 e. The Morgan fingerprint density at radius 1 is 0.730 bits per heavy atom. The summed E-state index contributed by atoms with van der Waals surface area (Å²) in [5, 5.41) is 5.07. The van der Waals surface area contributed by atoms with E-state index in [1.165, 1.54) is 7.05 Å². The molecule has 3 aromatic carbocycles. The molecule has 2 heterocycles. The lowest BCUT2D eigenvalue weighted by Crippen LogP contribution is -2.57. The van der Waals surface area contributed by atoms with Crippen LogP contribution in [0.4, 0.5) is 4.79 Å². The predicted molar refractivity (Wildman–Crippen MR) is 136 cm³/mol. The van der Waals surface area contributed by atoms with Gasteiger partial charge in [-0.2, -0.15) is 0 Å². The number of nitrogens with one attached hydrogen (secondary N) is 2. The van der Waals surface area contributed by atoms with E-state index in [0.29, 0.717) is 12.0 Å². The molecule has 2 fully saturated rings. The fourth-order valence-corrected chi connectivity index (χ4v) is 4.89. The Bertz CT molecular complexity index is 1300. The molecule has 0 aromatic heterocycles. The van der Waals surface area contributed by atoms with E-state index in [1.807, 2.05) is 66.7 Å². The number of urea groups is 1. The Balaban J connectivity index is 0.000000173. The van der Waals surface area contributed by atoms with Crippen LogP contribution in [0, 0.1) is 0 Å². The van der Waals surface area contributed by atoms with Crippen molar-refractivity contribution in [2.75, 3.05) is 7.05 Å². The number of ketones is 1. The molecule has 3 aromatic rings. The standard InChI is InChI=1S/C15H12N2O2.C14H15NO3/c18-13-15(17-14(19)16-13,11-7-3-1-4-8-11)12-9-5-2-6-10-12;1-3-14(10-7-5-4-6-8-10)11(16)9-12(17)15(2)13(14)18/h1-10H,(H2,16,17,18,19);4-8H,3,9H2,1-2H3. The minimum atomic E-state index is -1.19. The fraction of sp³-hybridized carbons (Fsp3) is 0.207. The van der Waals surface area contributed by atoms with Gasteiger partial charge in [-0.05, 0) is 23.1 Å². The van der Waals surface area contributed by atoms with Crippen LogP contribution in [0.2, 0.25) is 0 Å². The van der Waals surface area contributed by atoms with E-state index in [1.54, 1.807) is 31.2 Å². The number of amides is 5. The zero-order valence-electron chi connectivity index (χ0n) is 20.6. The van der Waals surface area contributed by atoms with Crippen molar-refractivity contribution in [1.29, 1.82) is 0 Å². The summed E-state index contributed by atoms with van der Waals surface area (Å²) in [6.45, 7) is 1.80. The van der Waals surface area contributed by atoms with Gasteiger partial charge in [0.25, 0.3) is 5.91 Å². The summed E-state index contributed by atoms with van der Waals surface area (Å²) in [5.41, 5.74) is -0.181. The van der Waals surface area contributed by atoms with Crippen LogP contribution in [-0.2, 0) is 30.1 Å². The molecule has 37 heavy (non-hydrogen) atoms. The minimum absolute atomic E-state index is 0.203. The van der Waals surface area contributed by atoms with Crippen LogP contribution in [0.25, 0.3) is 0 Å². The second-order valence-electron chi connectivity index (χ2n) is 8.87. The highest BCUT2D eigenvalue weighted by Gasteiger charge is 2.52. The summed E-state index contributed by atoms with van der Waals surface area (Å²) in [4.78, 5) is 61.1. The van der Waals surface area contributed by atoms with Gasteiger partial charge in [0.1, 0.15) is 5.41 Å². The molecule has 0 saturated carbocycles. The Kier molecular flexibility index (Phi) is 7.02. The number of piperidine rings is 1. The summed E-state index contributed by atoms with van der Waals surface area (Å²) < 4.78 is 0. The van der Waals surface area contributed by atoms with Gasteiger partial charge in [-0.1, -0.05) is 97.9 Å². The molecule has 0 aliphatic carbocycles. The number of nitrogens with zero attached hydrogens (tertiary/aromatic N) is 1. The van der Waals surface area contributed by atoms with E-state index in [0.717, 1.165) is 16.0 Å². The van der Waals surface area contributed by atoms with E-state index < -0.39 is 28.8 Å². The third-order valence-corrected chi connectivity index (χ3v) is 6.91. The van der Waals surface area contributed by atoms with Crippen molar-refractivity contribution >= 4 is 29.5 Å². The number of likely N-dealkylation sites (tertiary alicyclic amines) is 1. The maximum atomic E-state index is 12.4. The number of hydrogen-bond acceptors (Lipinski definition) is 5. The van der Waals surface area contributed by atoms with Crippen molar-refractivity contribution in [2.45, 2.75) is 30.7 Å². The van der Waals surface area contributed by atoms with E-state index in [4.69, 9.17) is 0 Å². The molecule has 2 saturated heterocycles. The highest BCUT2D eigenvalue weighted by atomic mass is 16.2. The predicted octanol–water partition coefficient (Wildman–Crippen LogP) is 3.06. The molecule has 0 bridgehead atoms. The third kappa shape index (κ3) is 4.31. The van der Waals surface area contributed by atoms with Crippen molar-refractivity contribution in [3.05, 3.63) is 108 Å². The molecular formula is C29H27N3O5. The Morgan fingerprint density at radius 3 is 1.59 bits per heavy atom. The molecule has 8 nitrogen and oxygen atoms in total. The van der Waals surface area contributed by atoms with E-state index >= 15 is 0 Å². The number of benzene rings is 3. The zero-order valence-corrected chi connectivity index (χ0v) is 20.6. The molecule has 2 aliphatic rings. The molecule has 0 spiro atoms. The van der Waals surface area contributed by atoms with E-state index in [-0.39, 0.29) is 18.1 Å². The second kappa shape index (κ2) is 10.2. The van der Waals surface area contributed by atoms with E-state index in [9.17, 15) is 24.0 Å². The zero-order chi connectivity index (χ0) is 26.6. The van der Waals surface area contributed by atoms with Gasteiger partial charge in [-0.3, -0.25) is 29.4 Å². The number of carbonyl (C=O) groups is 5. The summed E-state index contributed by atoms with van der Waals surface area (Å²) in [7, 11) is 1.43. The van der Waals surface area contributed by atoms with Crippen molar-refractivity contribution in [1.82, 2.24) is 15.5 Å². The van der Waals surface area contributed by atoms with Gasteiger partial charge in [0.15, 0.2) is 11.3 Å². The molecule has 5 amide bonds. The lowest BCUT2D eigenvalue weighted by atomic mass is 9.70. The van der Waals surface area contributed by atoms with Gasteiger partial charge in [0.2, 0.25) is 11.8 Å². The Labute approximate surface area is 214 Å². The van der Waals surface area contributed by atoms with Gasteiger partial charge >= 0.3 is 6.03 Å². The minimum Gasteiger partial charge on any atom is -0.316 e. The average molecular weight is 498 g/mol. The highest BCUT2D eigenvalue weighted by molar-refractivity contribution is 6.24. The van der Waals surface area contributed by atoms with Gasteiger partial charge in [-0.25, -0.2) is 4.79 Å². The second-order valence-corrected chi connectivity index (χ2v) is 8.87. The highest BCUT2D eigenvalue weighted by Crippen LogP contribution is 2.35. The van der Waals surface area contributed by atoms with Gasteiger partial charge in [0, 0.05) is 7.05 Å². The molecular weight excluding hydrogens is 470 g/mol. The molecule has 0 radical (unpaired) electrons. The average Bonchev–Trinajstić information content (AvgIpc) is 3.24. The van der Waals surface area contributed by atoms with Crippen LogP contribution in [-0.4, -0.2) is 41.5 Å². The van der Waals surface area contributed by atoms with Gasteiger partial charge < -0.3 is 5.32 Å². The number of likely N-dealkylation sites (N-methyl/N-ethyl adjacent to an activating group) is 1. The van der Waals surface area contributed by atoms with E-state index in [2.05, 4.69) is 10.6 Å². The van der Waals surface area contributed by atoms with Crippen molar-refractivity contribution in [3.8, 4) is 0 Å². The molecule has 1 atom stereocenters. The maximum absolute atomic E-state index is 12.4. The van der Waals surface area contributed by atoms with Crippen LogP contribution in [0.1, 0.15) is 36.5 Å². The number of rotatable bonds is 4. The lowest BCUT2D eigenvalue weighted by Gasteiger charge is -2.37. The SMILES string of the molecule is CCC1(c2ccccc2)C(=O)CC(=O)N(C)C1=O.O=C1NC(=O)C(c2ccccc2)(c2ccccc2)N1. The van der Waals surface area contributed by atoms with Gasteiger partial charge in [-0.15, -0.1) is 0 Å². The van der Waals surface area contributed by atoms with Crippen LogP contribution in [0.3, 0.4) is 0 Å². The lowest BCUT2D eigenvalue weighted by molar-refractivity contribution is -0.156. The quantitative estimate of drug-likeness (QED) is 0.327. The Hall–Kier alpha value is -4.59. The van der Waals surface area contributed by atoms with Crippen LogP contribution >= 0.6 is 0 Å². The molecule has 188 valence electrons. The monoisotopic (exact) mass is 497 g/mol. The molecule has 5 rings (SSSR count). The van der Waals surface area contributed by atoms with Crippen LogP contribution < -0.4 is 10.6 Å². The van der Waals surface area contributed by atoms with Crippen LogP contribution in [0.5, 0.6) is 0 Å². The molecule has 2 aliphatic heterocycles. The molecule has 2 N–H and O–H groups in total. The Morgan fingerprint density at radius 2 is 1.19 bits per heavy atom. The summed E-state index contributed by atoms with van der Waals surface area (Å²) in [5.74, 6) is -1.50. The summed E-state index contributed by atoms with van der Waals surface area (Å²) >= 11 is 0. The molecule has 8 heteroatoms. The summed E-state index contributed by atoms with van der Waals surface area (Å²) in [6.07, 6.45) is 0.164. The number of carbonyl (C=O) groups excluding carboxylic acids is 5. The fourth-order valence-electron chi connectivity index (χ4n) is 4.89. The first-order chi connectivity index (χ1) is 17.8. The van der Waals surface area contributed by atoms with Crippen molar-refractivity contribution < 1.29 is 24.0 Å². The van der Waals surface area contributed by atoms with Gasteiger partial charge in [0.05, 0.1) is 6.42 Å². The number of hydrogen-bond donors (Lipinski definition) is 2. The normalized spacial score (nSPS) is 20.6. The first-order valence-electron chi connectivity index (χ1n) is 11.9. The first kappa shape index (κ1) is 25.5. The maximum Gasteiger partial charge on any atom is 0.322 e. The number of Topliss-reactive ketones (excluding diaryl/α,β-unsaturated/α-hetero) is 1. The van der Waals surface area contributed by atoms with Crippen molar-refractivity contribution in [2.24, 2.45) is 0 Å². The van der Waals surface area contributed by atoms with Crippen LogP contribution in [0.15, 0.2) is 91.0 Å². The summed E-state index contributed by atoms with van der Waals surface area (Å²) in [6, 6.07) is 26.9. The topological polar surface area (TPSA) is 113 Å². The third-order valence-electron chi connectivity index (χ3n) is 6.91. The first-order valence-corrected chi connectivity index (χ1v) is 11.9. The number of imide groups is 2. The smallest absolute Gasteiger partial charge is 0.316 e.